The van der Waals surface area contributed by atoms with Gasteiger partial charge in [-0.2, -0.15) is 0 Å². The van der Waals surface area contributed by atoms with Crippen molar-refractivity contribution in [3.05, 3.63) is 34.4 Å². The van der Waals surface area contributed by atoms with Crippen LogP contribution in [0.3, 0.4) is 0 Å². The first-order valence-corrected chi connectivity index (χ1v) is 7.61. The predicted octanol–water partition coefficient (Wildman–Crippen LogP) is 2.03. The summed E-state index contributed by atoms with van der Waals surface area (Å²) in [6.45, 7) is 4.57. The fraction of sp³-hybridized carbons (Fsp3) is 0.533. The Labute approximate surface area is 142 Å². The van der Waals surface area contributed by atoms with Crippen LogP contribution >= 0.6 is 12.4 Å². The lowest BCUT2D eigenvalue weighted by Crippen LogP contribution is -2.44. The van der Waals surface area contributed by atoms with Crippen LogP contribution in [0.2, 0.25) is 0 Å². The lowest BCUT2D eigenvalue weighted by atomic mass is 10.2. The summed E-state index contributed by atoms with van der Waals surface area (Å²) in [6.07, 6.45) is 1.85. The molecule has 0 aliphatic carbocycles. The van der Waals surface area contributed by atoms with Crippen LogP contribution in [-0.4, -0.2) is 48.0 Å². The number of nitro groups is 1. The van der Waals surface area contributed by atoms with Crippen molar-refractivity contribution in [1.82, 2.24) is 10.2 Å². The highest BCUT2D eigenvalue weighted by Gasteiger charge is 2.25. The number of halogens is 1. The number of carbonyl (C=O) groups excluding carboxylic acids is 1. The number of carbonyl (C=O) groups is 1. The fourth-order valence-electron chi connectivity index (χ4n) is 2.71. The van der Waals surface area contributed by atoms with Crippen LogP contribution in [0.25, 0.3) is 0 Å². The summed E-state index contributed by atoms with van der Waals surface area (Å²) in [5.74, 6) is -0.0197. The molecule has 0 aromatic heterocycles. The average molecular weight is 343 g/mol. The van der Waals surface area contributed by atoms with Gasteiger partial charge < -0.3 is 15.5 Å². The topological polar surface area (TPSA) is 87.5 Å². The molecule has 1 unspecified atom stereocenters. The van der Waals surface area contributed by atoms with Gasteiger partial charge in [-0.05, 0) is 25.5 Å². The Bertz CT molecular complexity index is 535. The molecule has 1 fully saturated rings. The van der Waals surface area contributed by atoms with Crippen molar-refractivity contribution in [2.45, 2.75) is 25.8 Å². The third kappa shape index (κ3) is 5.07. The van der Waals surface area contributed by atoms with Crippen molar-refractivity contribution < 1.29 is 9.72 Å². The van der Waals surface area contributed by atoms with Gasteiger partial charge in [-0.25, -0.2) is 0 Å². The summed E-state index contributed by atoms with van der Waals surface area (Å²) in [5.41, 5.74) is 0.363. The van der Waals surface area contributed by atoms with E-state index < -0.39 is 4.92 Å². The van der Waals surface area contributed by atoms with Crippen LogP contribution in [0.15, 0.2) is 24.3 Å². The number of nitrogens with zero attached hydrogens (tertiary/aromatic N) is 2. The minimum Gasteiger partial charge on any atom is -0.371 e. The SMILES string of the molecule is CCCN(C(=O)CNc1ccccc1[N+](=O)[O-])C1CCNC1.Cl. The zero-order valence-electron chi connectivity index (χ0n) is 13.2. The van der Waals surface area contributed by atoms with E-state index >= 15 is 0 Å². The molecule has 8 heteroatoms. The lowest BCUT2D eigenvalue weighted by Gasteiger charge is -2.28. The van der Waals surface area contributed by atoms with E-state index in [1.807, 2.05) is 11.8 Å². The number of nitro benzene ring substituents is 1. The van der Waals surface area contributed by atoms with Crippen LogP contribution in [0, 0.1) is 10.1 Å². The van der Waals surface area contributed by atoms with Gasteiger partial charge in [0, 0.05) is 25.2 Å². The van der Waals surface area contributed by atoms with Gasteiger partial charge in [0.2, 0.25) is 5.91 Å². The highest BCUT2D eigenvalue weighted by Crippen LogP contribution is 2.23. The van der Waals surface area contributed by atoms with Crippen molar-refractivity contribution in [2.75, 3.05) is 31.5 Å². The number of hydrogen-bond donors (Lipinski definition) is 2. The molecular formula is C15H23ClN4O3. The Hall–Kier alpha value is -1.86. The van der Waals surface area contributed by atoms with Crippen LogP contribution in [0.1, 0.15) is 19.8 Å². The largest absolute Gasteiger partial charge is 0.371 e. The van der Waals surface area contributed by atoms with Crippen molar-refractivity contribution in [3.63, 3.8) is 0 Å². The van der Waals surface area contributed by atoms with Gasteiger partial charge in [-0.3, -0.25) is 14.9 Å². The predicted molar refractivity (Wildman–Crippen MR) is 92.1 cm³/mol. The molecule has 1 amide bonds. The minimum atomic E-state index is -0.447. The number of amides is 1. The third-order valence-corrected chi connectivity index (χ3v) is 3.79. The van der Waals surface area contributed by atoms with Crippen molar-refractivity contribution in [1.29, 1.82) is 0 Å². The number of hydrogen-bond acceptors (Lipinski definition) is 5. The van der Waals surface area contributed by atoms with E-state index in [2.05, 4.69) is 10.6 Å². The van der Waals surface area contributed by atoms with E-state index in [1.54, 1.807) is 18.2 Å². The smallest absolute Gasteiger partial charge is 0.292 e. The Morgan fingerprint density at radius 2 is 2.22 bits per heavy atom. The quantitative estimate of drug-likeness (QED) is 0.584. The molecule has 23 heavy (non-hydrogen) atoms. The maximum absolute atomic E-state index is 12.4. The average Bonchev–Trinajstić information content (AvgIpc) is 3.04. The molecule has 1 aromatic rings. The molecule has 2 N–H and O–H groups in total. The highest BCUT2D eigenvalue weighted by atomic mass is 35.5. The first-order valence-electron chi connectivity index (χ1n) is 7.61. The molecule has 7 nitrogen and oxygen atoms in total. The summed E-state index contributed by atoms with van der Waals surface area (Å²) in [7, 11) is 0. The Balaban J connectivity index is 0.00000264. The van der Waals surface area contributed by atoms with Crippen LogP contribution in [0.4, 0.5) is 11.4 Å². The molecule has 2 rings (SSSR count). The summed E-state index contributed by atoms with van der Waals surface area (Å²) < 4.78 is 0. The van der Waals surface area contributed by atoms with E-state index in [0.29, 0.717) is 12.2 Å². The molecule has 1 heterocycles. The first-order chi connectivity index (χ1) is 10.6. The van der Waals surface area contributed by atoms with Crippen molar-refractivity contribution in [3.8, 4) is 0 Å². The van der Waals surface area contributed by atoms with E-state index in [-0.39, 0.29) is 36.6 Å². The summed E-state index contributed by atoms with van der Waals surface area (Å²) in [4.78, 5) is 24.8. The van der Waals surface area contributed by atoms with Gasteiger partial charge in [0.1, 0.15) is 5.69 Å². The molecule has 0 spiro atoms. The Morgan fingerprint density at radius 3 is 2.83 bits per heavy atom. The second kappa shape index (κ2) is 9.32. The molecule has 1 aliphatic heterocycles. The summed E-state index contributed by atoms with van der Waals surface area (Å²) >= 11 is 0. The second-order valence-electron chi connectivity index (χ2n) is 5.36. The molecule has 1 saturated heterocycles. The second-order valence-corrected chi connectivity index (χ2v) is 5.36. The standard InChI is InChI=1S/C15H22N4O3.ClH/c1-2-9-18(12-7-8-16-10-12)15(20)11-17-13-5-3-4-6-14(13)19(21)22;/h3-6,12,16-17H,2,7-11H2,1H3;1H. The monoisotopic (exact) mass is 342 g/mol. The Morgan fingerprint density at radius 1 is 1.48 bits per heavy atom. The van der Waals surface area contributed by atoms with E-state index in [4.69, 9.17) is 0 Å². The van der Waals surface area contributed by atoms with Gasteiger partial charge in [-0.15, -0.1) is 12.4 Å². The van der Waals surface area contributed by atoms with Gasteiger partial charge in [0.25, 0.3) is 5.69 Å². The van der Waals surface area contributed by atoms with Gasteiger partial charge in [-0.1, -0.05) is 19.1 Å². The van der Waals surface area contributed by atoms with Gasteiger partial charge in [0.05, 0.1) is 11.5 Å². The zero-order chi connectivity index (χ0) is 15.9. The Kier molecular flexibility index (Phi) is 7.77. The molecule has 1 atom stereocenters. The maximum Gasteiger partial charge on any atom is 0.292 e. The van der Waals surface area contributed by atoms with Crippen LogP contribution in [-0.2, 0) is 4.79 Å². The maximum atomic E-state index is 12.4. The van der Waals surface area contributed by atoms with Crippen LogP contribution < -0.4 is 10.6 Å². The van der Waals surface area contributed by atoms with E-state index in [1.165, 1.54) is 6.07 Å². The number of anilines is 1. The van der Waals surface area contributed by atoms with Crippen molar-refractivity contribution in [2.24, 2.45) is 0 Å². The summed E-state index contributed by atoms with van der Waals surface area (Å²) in [5, 5.41) is 17.1. The third-order valence-electron chi connectivity index (χ3n) is 3.79. The van der Waals surface area contributed by atoms with Gasteiger partial charge >= 0.3 is 0 Å². The zero-order valence-corrected chi connectivity index (χ0v) is 14.0. The number of benzene rings is 1. The minimum absolute atomic E-state index is 0. The van der Waals surface area contributed by atoms with Crippen molar-refractivity contribution >= 4 is 29.7 Å². The number of rotatable bonds is 7. The fourth-order valence-corrected chi connectivity index (χ4v) is 2.71. The van der Waals surface area contributed by atoms with Crippen LogP contribution in [0.5, 0.6) is 0 Å². The number of nitrogens with one attached hydrogen (secondary N) is 2. The molecule has 0 bridgehead atoms. The molecule has 128 valence electrons. The summed E-state index contributed by atoms with van der Waals surface area (Å²) in [6, 6.07) is 6.59. The normalized spacial score (nSPS) is 16.5. The molecule has 0 saturated carbocycles. The molecule has 0 radical (unpaired) electrons. The highest BCUT2D eigenvalue weighted by molar-refractivity contribution is 5.85. The van der Waals surface area contributed by atoms with E-state index in [9.17, 15) is 14.9 Å². The molecule has 1 aromatic carbocycles. The lowest BCUT2D eigenvalue weighted by molar-refractivity contribution is -0.383. The molecular weight excluding hydrogens is 320 g/mol. The molecule has 1 aliphatic rings. The first kappa shape index (κ1) is 19.2. The van der Waals surface area contributed by atoms with E-state index in [0.717, 1.165) is 25.9 Å². The number of para-hydroxylation sites is 2. The van der Waals surface area contributed by atoms with Gasteiger partial charge in [0.15, 0.2) is 0 Å².